The number of aryl methyl sites for hydroxylation is 1. The van der Waals surface area contributed by atoms with Gasteiger partial charge in [-0.3, -0.25) is 4.79 Å². The third-order valence-electron chi connectivity index (χ3n) is 6.11. The van der Waals surface area contributed by atoms with Crippen molar-refractivity contribution in [3.63, 3.8) is 0 Å². The number of carbonyl (C=O) groups is 1. The van der Waals surface area contributed by atoms with Gasteiger partial charge in [-0.1, -0.05) is 0 Å². The Morgan fingerprint density at radius 2 is 2.05 bits per heavy atom. The highest BCUT2D eigenvalue weighted by Crippen LogP contribution is 2.31. The van der Waals surface area contributed by atoms with E-state index in [4.69, 9.17) is 9.47 Å². The first kappa shape index (κ1) is 27.9. The minimum absolute atomic E-state index is 0.140. The molecule has 2 atom stereocenters. The molecule has 4 heterocycles. The Labute approximate surface area is 221 Å². The van der Waals surface area contributed by atoms with Crippen LogP contribution in [0.2, 0.25) is 0 Å². The summed E-state index contributed by atoms with van der Waals surface area (Å²) in [6, 6.07) is 3.49. The fraction of sp³-hybridized carbons (Fsp3) is 0.478. The Balaban J connectivity index is 1.62. The number of hydrogen-bond donors (Lipinski definition) is 1. The van der Waals surface area contributed by atoms with E-state index in [0.717, 1.165) is 0 Å². The lowest BCUT2D eigenvalue weighted by Gasteiger charge is -2.31. The third-order valence-corrected chi connectivity index (χ3v) is 8.86. The number of nitrogens with zero attached hydrogens (tertiary/aromatic N) is 6. The van der Waals surface area contributed by atoms with Crippen LogP contribution < -0.4 is 10.1 Å². The highest BCUT2D eigenvalue weighted by atomic mass is 32.2. The lowest BCUT2D eigenvalue weighted by Crippen LogP contribution is -2.43. The number of carbonyl (C=O) groups excluding carboxylic acids is 1. The number of methoxy groups -OCH3 is 1. The molecule has 0 saturated carbocycles. The van der Waals surface area contributed by atoms with Crippen molar-refractivity contribution < 1.29 is 26.9 Å². The second kappa shape index (κ2) is 11.3. The van der Waals surface area contributed by atoms with E-state index >= 15 is 0 Å². The molecule has 0 bridgehead atoms. The second-order valence-corrected chi connectivity index (χ2v) is 13.6. The molecule has 0 spiro atoms. The topological polar surface area (TPSA) is 157 Å². The summed E-state index contributed by atoms with van der Waals surface area (Å²) >= 11 is 0. The molecule has 1 saturated heterocycles. The van der Waals surface area contributed by atoms with Crippen LogP contribution in [0.15, 0.2) is 35.2 Å². The third kappa shape index (κ3) is 6.46. The minimum atomic E-state index is -3.32. The maximum atomic E-state index is 12.9. The standard InChI is InChI=1S/C23H31N7O6S2/c1-16-18(22(31)28-37(3,32)12-11-35-2)14-30-20(16)21(25-15-26-30)27-19-8-5-9-24-23(19)36-17-7-6-10-29(13-17)38(4,33)34/h5,8-9,14-15,17H,6-7,10-13H2,1-4H3,(H,25,26,27)/t17-,37?/m1/s1. The molecule has 0 aromatic carbocycles. The summed E-state index contributed by atoms with van der Waals surface area (Å²) in [6.45, 7) is 2.67. The largest absolute Gasteiger partial charge is 0.471 e. The summed E-state index contributed by atoms with van der Waals surface area (Å²) in [6.07, 6.45) is 8.07. The van der Waals surface area contributed by atoms with Crippen molar-refractivity contribution in [1.82, 2.24) is 23.9 Å². The zero-order valence-corrected chi connectivity index (χ0v) is 23.3. The number of hydrogen-bond acceptors (Lipinski definition) is 10. The van der Waals surface area contributed by atoms with Crippen molar-refractivity contribution in [1.29, 1.82) is 0 Å². The molecule has 13 nitrogen and oxygen atoms in total. The van der Waals surface area contributed by atoms with Gasteiger partial charge in [0.25, 0.3) is 5.91 Å². The molecule has 0 radical (unpaired) electrons. The minimum Gasteiger partial charge on any atom is -0.471 e. The van der Waals surface area contributed by atoms with Crippen molar-refractivity contribution in [2.24, 2.45) is 4.36 Å². The van der Waals surface area contributed by atoms with Gasteiger partial charge in [0.15, 0.2) is 5.82 Å². The summed E-state index contributed by atoms with van der Waals surface area (Å²) in [5, 5.41) is 7.42. The number of pyridine rings is 1. The lowest BCUT2D eigenvalue weighted by atomic mass is 10.1. The Hall–Kier alpha value is -3.14. The van der Waals surface area contributed by atoms with Gasteiger partial charge in [0.1, 0.15) is 23.6 Å². The molecule has 15 heteroatoms. The van der Waals surface area contributed by atoms with E-state index < -0.39 is 25.7 Å². The Bertz CT molecular complexity index is 1560. The predicted molar refractivity (Wildman–Crippen MR) is 143 cm³/mol. The first-order valence-corrected chi connectivity index (χ1v) is 15.8. The molecule has 1 N–H and O–H groups in total. The summed E-state index contributed by atoms with van der Waals surface area (Å²) < 4.78 is 54.6. The van der Waals surface area contributed by atoms with Crippen LogP contribution in [0.5, 0.6) is 5.88 Å². The molecular formula is C23H31N7O6S2. The van der Waals surface area contributed by atoms with Crippen molar-refractivity contribution in [2.45, 2.75) is 25.9 Å². The fourth-order valence-corrected chi connectivity index (χ4v) is 6.06. The smallest absolute Gasteiger partial charge is 0.286 e. The number of anilines is 2. The number of piperidine rings is 1. The molecule has 1 fully saturated rings. The number of nitrogens with one attached hydrogen (secondary N) is 1. The molecule has 1 amide bonds. The van der Waals surface area contributed by atoms with E-state index in [-0.39, 0.29) is 30.6 Å². The Morgan fingerprint density at radius 1 is 1.26 bits per heavy atom. The van der Waals surface area contributed by atoms with Crippen LogP contribution in [0, 0.1) is 6.92 Å². The van der Waals surface area contributed by atoms with Crippen LogP contribution in [0.3, 0.4) is 0 Å². The Kier molecular flexibility index (Phi) is 8.30. The highest BCUT2D eigenvalue weighted by Gasteiger charge is 2.28. The van der Waals surface area contributed by atoms with E-state index in [0.29, 0.717) is 47.9 Å². The quantitative estimate of drug-likeness (QED) is 0.406. The number of fused-ring (bicyclic) bond motifs is 1. The summed E-state index contributed by atoms with van der Waals surface area (Å²) in [4.78, 5) is 21.6. The van der Waals surface area contributed by atoms with Crippen LogP contribution in [0.1, 0.15) is 28.8 Å². The van der Waals surface area contributed by atoms with E-state index in [1.54, 1.807) is 25.3 Å². The fourth-order valence-electron chi connectivity index (χ4n) is 4.14. The van der Waals surface area contributed by atoms with Gasteiger partial charge in [-0.05, 0) is 37.5 Å². The van der Waals surface area contributed by atoms with E-state index in [1.165, 1.54) is 41.0 Å². The summed E-state index contributed by atoms with van der Waals surface area (Å²) in [5.74, 6) is 0.221. The number of ether oxygens (including phenoxy) is 2. The summed E-state index contributed by atoms with van der Waals surface area (Å²) in [5.41, 5.74) is 1.86. The molecule has 206 valence electrons. The van der Waals surface area contributed by atoms with Crippen LogP contribution in [-0.4, -0.2) is 93.6 Å². The second-order valence-electron chi connectivity index (χ2n) is 9.11. The van der Waals surface area contributed by atoms with Crippen molar-refractivity contribution >= 4 is 42.7 Å². The van der Waals surface area contributed by atoms with Gasteiger partial charge in [-0.15, -0.1) is 0 Å². The Morgan fingerprint density at radius 3 is 2.79 bits per heavy atom. The number of aromatic nitrogens is 4. The van der Waals surface area contributed by atoms with Crippen molar-refractivity contribution in [2.75, 3.05) is 50.4 Å². The lowest BCUT2D eigenvalue weighted by molar-refractivity contribution is 0.100. The first-order valence-electron chi connectivity index (χ1n) is 11.9. The van der Waals surface area contributed by atoms with Gasteiger partial charge >= 0.3 is 0 Å². The zero-order chi connectivity index (χ0) is 27.5. The molecule has 1 aliphatic rings. The predicted octanol–water partition coefficient (Wildman–Crippen LogP) is 1.86. The average molecular weight is 566 g/mol. The number of rotatable bonds is 9. The number of amides is 1. The van der Waals surface area contributed by atoms with E-state index in [2.05, 4.69) is 24.7 Å². The maximum Gasteiger partial charge on any atom is 0.286 e. The van der Waals surface area contributed by atoms with Gasteiger partial charge in [-0.25, -0.2) is 27.1 Å². The highest BCUT2D eigenvalue weighted by molar-refractivity contribution is 7.93. The normalized spacial score (nSPS) is 18.2. The van der Waals surface area contributed by atoms with Gasteiger partial charge in [0, 0.05) is 32.3 Å². The van der Waals surface area contributed by atoms with Gasteiger partial charge in [0.05, 0.1) is 40.5 Å². The van der Waals surface area contributed by atoms with Crippen LogP contribution in [0.25, 0.3) is 5.52 Å². The molecule has 38 heavy (non-hydrogen) atoms. The molecule has 4 rings (SSSR count). The van der Waals surface area contributed by atoms with Crippen molar-refractivity contribution in [3.05, 3.63) is 42.0 Å². The van der Waals surface area contributed by atoms with Crippen LogP contribution in [0.4, 0.5) is 11.5 Å². The molecule has 1 aliphatic heterocycles. The molecule has 3 aromatic rings. The van der Waals surface area contributed by atoms with Crippen molar-refractivity contribution in [3.8, 4) is 5.88 Å². The van der Waals surface area contributed by atoms with Gasteiger partial charge < -0.3 is 14.8 Å². The summed E-state index contributed by atoms with van der Waals surface area (Å²) in [7, 11) is -4.59. The maximum absolute atomic E-state index is 12.9. The van der Waals surface area contributed by atoms with Crippen LogP contribution >= 0.6 is 0 Å². The van der Waals surface area contributed by atoms with Gasteiger partial charge in [-0.2, -0.15) is 13.8 Å². The first-order chi connectivity index (χ1) is 18.0. The number of sulfonamides is 1. The van der Waals surface area contributed by atoms with E-state index in [9.17, 15) is 17.4 Å². The molecule has 0 aliphatic carbocycles. The zero-order valence-electron chi connectivity index (χ0n) is 21.7. The van der Waals surface area contributed by atoms with E-state index in [1.807, 2.05) is 0 Å². The van der Waals surface area contributed by atoms with Gasteiger partial charge in [0.2, 0.25) is 15.9 Å². The SMILES string of the molecule is COCCS(C)(=O)=NC(=O)c1cn2ncnc(Nc3cccnc3O[C@@H]3CCCN(S(C)(=O)=O)C3)c2c1C. The molecular weight excluding hydrogens is 534 g/mol. The molecule has 3 aromatic heterocycles. The average Bonchev–Trinajstić information content (AvgIpc) is 3.21. The molecule has 1 unspecified atom stereocenters. The van der Waals surface area contributed by atoms with Crippen LogP contribution in [-0.2, 0) is 24.5 Å². The monoisotopic (exact) mass is 565 g/mol.